The fourth-order valence-electron chi connectivity index (χ4n) is 2.65. The minimum atomic E-state index is -1.43. The van der Waals surface area contributed by atoms with Crippen molar-refractivity contribution in [3.05, 3.63) is 57.6 Å². The summed E-state index contributed by atoms with van der Waals surface area (Å²) < 4.78 is 0. The maximum absolute atomic E-state index is 12.0. The fraction of sp³-hybridized carbons (Fsp3) is 0.250. The van der Waals surface area contributed by atoms with E-state index in [4.69, 9.17) is 11.6 Å². The predicted octanol–water partition coefficient (Wildman–Crippen LogP) is 3.92. The number of alkyl halides is 1. The number of hydrogen-bond donors (Lipinski definition) is 2. The van der Waals surface area contributed by atoms with Crippen LogP contribution in [0.1, 0.15) is 24.5 Å². The Balaban J connectivity index is 2.68. The number of halogens is 2. The molecule has 0 amide bonds. The van der Waals surface area contributed by atoms with E-state index in [1.165, 1.54) is 0 Å². The molecular weight excluding hydrogens is 372 g/mol. The molecule has 2 N–H and O–H groups in total. The molecule has 0 saturated heterocycles. The van der Waals surface area contributed by atoms with Gasteiger partial charge in [0, 0.05) is 22.3 Å². The molecule has 0 aliphatic heterocycles. The molecule has 1 unspecified atom stereocenters. The maximum atomic E-state index is 12.0. The number of carboxylic acid groups (broad SMARTS) is 2. The fourth-order valence-corrected chi connectivity index (χ4v) is 3.66. The van der Waals surface area contributed by atoms with E-state index in [2.05, 4.69) is 15.9 Å². The van der Waals surface area contributed by atoms with Crippen molar-refractivity contribution in [2.45, 2.75) is 24.1 Å². The topological polar surface area (TPSA) is 74.6 Å². The van der Waals surface area contributed by atoms with Crippen LogP contribution in [0.4, 0.5) is 0 Å². The second-order valence-corrected chi connectivity index (χ2v) is 6.12. The third-order valence-corrected chi connectivity index (χ3v) is 4.84. The van der Waals surface area contributed by atoms with Gasteiger partial charge in [-0.1, -0.05) is 51.8 Å². The number of aliphatic carboxylic acids is 2. The molecule has 6 heteroatoms. The zero-order valence-corrected chi connectivity index (χ0v) is 14.1. The molecule has 1 aromatic carbocycles. The Morgan fingerprint density at radius 1 is 1.36 bits per heavy atom. The van der Waals surface area contributed by atoms with Crippen molar-refractivity contribution in [2.24, 2.45) is 0 Å². The molecule has 0 bridgehead atoms. The van der Waals surface area contributed by atoms with Crippen LogP contribution in [0.15, 0.2) is 41.5 Å². The van der Waals surface area contributed by atoms with Crippen LogP contribution in [0.5, 0.6) is 0 Å². The minimum Gasteiger partial charge on any atom is -0.480 e. The first kappa shape index (κ1) is 16.8. The molecule has 22 heavy (non-hydrogen) atoms. The van der Waals surface area contributed by atoms with Crippen molar-refractivity contribution in [1.82, 2.24) is 0 Å². The van der Waals surface area contributed by atoms with Crippen LogP contribution in [-0.2, 0) is 20.3 Å². The van der Waals surface area contributed by atoms with Gasteiger partial charge in [-0.15, -0.1) is 0 Å². The summed E-state index contributed by atoms with van der Waals surface area (Å²) in [6.07, 6.45) is 3.00. The van der Waals surface area contributed by atoms with Crippen LogP contribution in [-0.4, -0.2) is 22.2 Å². The molecular formula is C16H14BrClO4. The molecule has 2 rings (SSSR count). The van der Waals surface area contributed by atoms with Gasteiger partial charge < -0.3 is 10.2 Å². The van der Waals surface area contributed by atoms with E-state index in [1.807, 2.05) is 0 Å². The average molecular weight is 386 g/mol. The number of hydrogen-bond acceptors (Lipinski definition) is 2. The third-order valence-electron chi connectivity index (χ3n) is 3.92. The van der Waals surface area contributed by atoms with Crippen molar-refractivity contribution < 1.29 is 19.8 Å². The van der Waals surface area contributed by atoms with Crippen LogP contribution in [0.3, 0.4) is 0 Å². The highest BCUT2D eigenvalue weighted by Crippen LogP contribution is 2.41. The lowest BCUT2D eigenvalue weighted by atomic mass is 9.70. The van der Waals surface area contributed by atoms with Gasteiger partial charge in [-0.2, -0.15) is 0 Å². The molecule has 0 spiro atoms. The molecule has 1 aromatic rings. The molecule has 1 atom stereocenters. The van der Waals surface area contributed by atoms with E-state index in [0.717, 1.165) is 0 Å². The Morgan fingerprint density at radius 2 is 2.05 bits per heavy atom. The highest BCUT2D eigenvalue weighted by Gasteiger charge is 2.43. The highest BCUT2D eigenvalue weighted by atomic mass is 79.9. The van der Waals surface area contributed by atoms with Gasteiger partial charge in [0.25, 0.3) is 0 Å². The van der Waals surface area contributed by atoms with E-state index in [-0.39, 0.29) is 12.0 Å². The molecule has 1 aliphatic carbocycles. The summed E-state index contributed by atoms with van der Waals surface area (Å²) in [6, 6.07) is 5.04. The smallest absolute Gasteiger partial charge is 0.331 e. The lowest BCUT2D eigenvalue weighted by Gasteiger charge is -2.32. The Labute approximate surface area is 141 Å². The van der Waals surface area contributed by atoms with Crippen molar-refractivity contribution in [3.8, 4) is 0 Å². The summed E-state index contributed by atoms with van der Waals surface area (Å²) in [5.74, 6) is -2.20. The van der Waals surface area contributed by atoms with Crippen LogP contribution in [0.25, 0.3) is 0 Å². The molecule has 4 nitrogen and oxygen atoms in total. The SMILES string of the molecule is CC1=C(C(=O)O)CC(C(=O)O)(c2cccc(Cl)c2CBr)C=C1. The largest absolute Gasteiger partial charge is 0.480 e. The quantitative estimate of drug-likeness (QED) is 0.770. The summed E-state index contributed by atoms with van der Waals surface area (Å²) in [6.45, 7) is 1.66. The monoisotopic (exact) mass is 384 g/mol. The van der Waals surface area contributed by atoms with E-state index >= 15 is 0 Å². The van der Waals surface area contributed by atoms with Gasteiger partial charge in [0.15, 0.2) is 0 Å². The van der Waals surface area contributed by atoms with Gasteiger partial charge in [-0.25, -0.2) is 4.79 Å². The Morgan fingerprint density at radius 3 is 2.59 bits per heavy atom. The summed E-state index contributed by atoms with van der Waals surface area (Å²) in [7, 11) is 0. The third kappa shape index (κ3) is 2.71. The number of carbonyl (C=O) groups is 2. The number of allylic oxidation sites excluding steroid dienone is 2. The predicted molar refractivity (Wildman–Crippen MR) is 87.5 cm³/mol. The first-order valence-corrected chi connectivity index (χ1v) is 8.03. The standard InChI is InChI=1S/C16H14BrClO4/c1-9-5-6-16(15(21)22,7-10(9)14(19)20)12-3-2-4-13(18)11(12)8-17/h2-6H,7-8H2,1H3,(H,19,20)(H,21,22). The van der Waals surface area contributed by atoms with Crippen molar-refractivity contribution in [1.29, 1.82) is 0 Å². The van der Waals surface area contributed by atoms with Gasteiger partial charge in [-0.05, 0) is 29.7 Å². The normalized spacial score (nSPS) is 21.0. The summed E-state index contributed by atoms with van der Waals surface area (Å²) in [5, 5.41) is 20.0. The van der Waals surface area contributed by atoms with E-state index in [9.17, 15) is 19.8 Å². The number of carboxylic acids is 2. The van der Waals surface area contributed by atoms with E-state index in [1.54, 1.807) is 37.3 Å². The van der Waals surface area contributed by atoms with Gasteiger partial charge >= 0.3 is 11.9 Å². The van der Waals surface area contributed by atoms with Gasteiger partial charge in [0.2, 0.25) is 0 Å². The van der Waals surface area contributed by atoms with Gasteiger partial charge in [-0.3, -0.25) is 4.79 Å². The molecule has 116 valence electrons. The van der Waals surface area contributed by atoms with Crippen molar-refractivity contribution in [2.75, 3.05) is 0 Å². The van der Waals surface area contributed by atoms with Gasteiger partial charge in [0.1, 0.15) is 5.41 Å². The Kier molecular flexibility index (Phi) is 4.78. The lowest BCUT2D eigenvalue weighted by Crippen LogP contribution is -2.38. The number of benzene rings is 1. The lowest BCUT2D eigenvalue weighted by molar-refractivity contribution is -0.142. The second-order valence-electron chi connectivity index (χ2n) is 5.15. The zero-order chi connectivity index (χ0) is 16.5. The molecule has 0 fully saturated rings. The van der Waals surface area contributed by atoms with Crippen LogP contribution in [0, 0.1) is 0 Å². The zero-order valence-electron chi connectivity index (χ0n) is 11.8. The van der Waals surface area contributed by atoms with Crippen LogP contribution < -0.4 is 0 Å². The summed E-state index contributed by atoms with van der Waals surface area (Å²) >= 11 is 9.49. The molecule has 1 aliphatic rings. The van der Waals surface area contributed by atoms with Crippen molar-refractivity contribution in [3.63, 3.8) is 0 Å². The average Bonchev–Trinajstić information content (AvgIpc) is 2.47. The molecule has 0 aromatic heterocycles. The Hall–Kier alpha value is -1.59. The summed E-state index contributed by atoms with van der Waals surface area (Å²) in [4.78, 5) is 23.4. The molecule has 0 heterocycles. The van der Waals surface area contributed by atoms with Crippen LogP contribution >= 0.6 is 27.5 Å². The van der Waals surface area contributed by atoms with Crippen molar-refractivity contribution >= 4 is 39.5 Å². The first-order chi connectivity index (χ1) is 10.3. The van der Waals surface area contributed by atoms with E-state index < -0.39 is 17.4 Å². The minimum absolute atomic E-state index is 0.102. The highest BCUT2D eigenvalue weighted by molar-refractivity contribution is 9.08. The van der Waals surface area contributed by atoms with Crippen LogP contribution in [0.2, 0.25) is 5.02 Å². The second kappa shape index (κ2) is 6.26. The maximum Gasteiger partial charge on any atom is 0.331 e. The van der Waals surface area contributed by atoms with Gasteiger partial charge in [0.05, 0.1) is 0 Å². The molecule has 0 saturated carbocycles. The van der Waals surface area contributed by atoms with E-state index in [0.29, 0.717) is 27.1 Å². The Bertz CT molecular complexity index is 708. The first-order valence-electron chi connectivity index (χ1n) is 6.53. The molecule has 0 radical (unpaired) electrons. The summed E-state index contributed by atoms with van der Waals surface area (Å²) in [5.41, 5.74) is 0.394. The number of rotatable bonds is 4.